The lowest BCUT2D eigenvalue weighted by atomic mass is 10.0. The summed E-state index contributed by atoms with van der Waals surface area (Å²) in [5.41, 5.74) is -0.212. The van der Waals surface area contributed by atoms with Crippen LogP contribution in [0.15, 0.2) is 65.6 Å². The number of methoxy groups -OCH3 is 1. The molecule has 3 rings (SSSR count). The van der Waals surface area contributed by atoms with E-state index in [1.807, 2.05) is 35.2 Å². The van der Waals surface area contributed by atoms with Crippen LogP contribution >= 0.6 is 0 Å². The molecule has 7 nitrogen and oxygen atoms in total. The number of rotatable bonds is 9. The van der Waals surface area contributed by atoms with Gasteiger partial charge in [-0.2, -0.15) is 0 Å². The van der Waals surface area contributed by atoms with Crippen LogP contribution in [0.2, 0.25) is 0 Å². The fourth-order valence-electron chi connectivity index (χ4n) is 3.56. The number of hydrogen-bond donors (Lipinski definition) is 0. The van der Waals surface area contributed by atoms with Crippen molar-refractivity contribution in [2.75, 3.05) is 20.3 Å². The molecule has 3 unspecified atom stereocenters. The number of ether oxygens (including phenoxy) is 2. The van der Waals surface area contributed by atoms with Gasteiger partial charge in [0.1, 0.15) is 5.54 Å². The largest absolute Gasteiger partial charge is 0.468 e. The van der Waals surface area contributed by atoms with Crippen molar-refractivity contribution in [2.24, 2.45) is 0 Å². The third kappa shape index (κ3) is 4.39. The van der Waals surface area contributed by atoms with Gasteiger partial charge in [-0.05, 0) is 24.6 Å². The Labute approximate surface area is 176 Å². The maximum Gasteiger partial charge on any atom is 0.327 e. The van der Waals surface area contributed by atoms with Gasteiger partial charge in [0.2, 0.25) is 0 Å². The van der Waals surface area contributed by atoms with E-state index in [1.165, 1.54) is 12.1 Å². The molecule has 0 radical (unpaired) electrons. The summed E-state index contributed by atoms with van der Waals surface area (Å²) in [7, 11) is -2.92. The van der Waals surface area contributed by atoms with E-state index >= 15 is 0 Å². The summed E-state index contributed by atoms with van der Waals surface area (Å²) in [5.74, 6) is -1.42. The average molecular weight is 432 g/mol. The molecule has 0 spiro atoms. The van der Waals surface area contributed by atoms with Crippen LogP contribution < -0.4 is 0 Å². The Balaban J connectivity index is 1.93. The SMILES string of the molecule is CCOC(=O)C1(CC(C(=O)OC)S(=O)(=O)c2ccccc2)CN1Cc1ccccc1. The van der Waals surface area contributed by atoms with Crippen LogP contribution in [0.3, 0.4) is 0 Å². The van der Waals surface area contributed by atoms with Crippen LogP contribution in [0.4, 0.5) is 0 Å². The number of esters is 2. The molecule has 1 saturated heterocycles. The molecule has 2 aromatic rings. The normalized spacial score (nSPS) is 21.5. The molecule has 1 fully saturated rings. The molecule has 0 aromatic heterocycles. The summed E-state index contributed by atoms with van der Waals surface area (Å²) in [6.07, 6.45) is -0.234. The highest BCUT2D eigenvalue weighted by Gasteiger charge is 2.62. The molecular weight excluding hydrogens is 406 g/mol. The fraction of sp³-hybridized carbons (Fsp3) is 0.364. The maximum absolute atomic E-state index is 13.2. The molecule has 1 aliphatic heterocycles. The summed E-state index contributed by atoms with van der Waals surface area (Å²) in [4.78, 5) is 27.2. The van der Waals surface area contributed by atoms with Crippen molar-refractivity contribution in [1.29, 1.82) is 0 Å². The lowest BCUT2D eigenvalue weighted by Gasteiger charge is -2.22. The van der Waals surface area contributed by atoms with Crippen molar-refractivity contribution < 1.29 is 27.5 Å². The predicted octanol–water partition coefficient (Wildman–Crippen LogP) is 2.21. The zero-order chi connectivity index (χ0) is 21.8. The Hall–Kier alpha value is -2.71. The van der Waals surface area contributed by atoms with Crippen molar-refractivity contribution in [1.82, 2.24) is 4.90 Å². The van der Waals surface area contributed by atoms with Gasteiger partial charge in [0.25, 0.3) is 0 Å². The van der Waals surface area contributed by atoms with Gasteiger partial charge in [0.05, 0.1) is 18.6 Å². The molecule has 30 heavy (non-hydrogen) atoms. The van der Waals surface area contributed by atoms with Crippen LogP contribution in [0, 0.1) is 0 Å². The molecule has 1 aliphatic rings. The van der Waals surface area contributed by atoms with Crippen LogP contribution in [-0.2, 0) is 35.4 Å². The molecule has 1 heterocycles. The highest BCUT2D eigenvalue weighted by molar-refractivity contribution is 7.92. The van der Waals surface area contributed by atoms with E-state index in [2.05, 4.69) is 0 Å². The highest BCUT2D eigenvalue weighted by atomic mass is 32.2. The van der Waals surface area contributed by atoms with Gasteiger partial charge in [0.15, 0.2) is 15.1 Å². The fourth-order valence-corrected chi connectivity index (χ4v) is 5.27. The zero-order valence-electron chi connectivity index (χ0n) is 17.0. The number of benzene rings is 2. The number of carbonyl (C=O) groups excluding carboxylic acids is 2. The van der Waals surface area contributed by atoms with Crippen molar-refractivity contribution in [3.05, 3.63) is 66.2 Å². The third-order valence-corrected chi connectivity index (χ3v) is 7.30. The molecule has 0 saturated carbocycles. The highest BCUT2D eigenvalue weighted by Crippen LogP contribution is 2.42. The number of carbonyl (C=O) groups is 2. The summed E-state index contributed by atoms with van der Waals surface area (Å²) in [6, 6.07) is 17.2. The van der Waals surface area contributed by atoms with E-state index in [-0.39, 0.29) is 17.9 Å². The Morgan fingerprint density at radius 2 is 1.67 bits per heavy atom. The number of nitrogens with zero attached hydrogens (tertiary/aromatic N) is 1. The van der Waals surface area contributed by atoms with Crippen LogP contribution in [0.1, 0.15) is 18.9 Å². The molecule has 0 bridgehead atoms. The van der Waals surface area contributed by atoms with Gasteiger partial charge in [-0.15, -0.1) is 0 Å². The predicted molar refractivity (Wildman–Crippen MR) is 110 cm³/mol. The first-order valence-corrected chi connectivity index (χ1v) is 11.2. The standard InChI is InChI=1S/C22H25NO6S/c1-3-29-21(25)22(16-23(22)15-17-10-6-4-7-11-17)14-19(20(24)28-2)30(26,27)18-12-8-5-9-13-18/h4-13,19H,3,14-16H2,1-2H3. The Kier molecular flexibility index (Phi) is 6.58. The van der Waals surface area contributed by atoms with E-state index in [0.717, 1.165) is 12.7 Å². The van der Waals surface area contributed by atoms with Gasteiger partial charge in [0, 0.05) is 19.5 Å². The Morgan fingerprint density at radius 3 is 2.23 bits per heavy atom. The van der Waals surface area contributed by atoms with E-state index in [9.17, 15) is 18.0 Å². The van der Waals surface area contributed by atoms with E-state index in [4.69, 9.17) is 9.47 Å². The molecule has 3 atom stereocenters. The average Bonchev–Trinajstić information content (AvgIpc) is 3.46. The molecule has 2 aromatic carbocycles. The lowest BCUT2D eigenvalue weighted by molar-refractivity contribution is -0.148. The summed E-state index contributed by atoms with van der Waals surface area (Å²) >= 11 is 0. The second-order valence-electron chi connectivity index (χ2n) is 7.17. The summed E-state index contributed by atoms with van der Waals surface area (Å²) < 4.78 is 36.5. The first kappa shape index (κ1) is 22.0. The van der Waals surface area contributed by atoms with Gasteiger partial charge < -0.3 is 9.47 Å². The molecule has 0 N–H and O–H groups in total. The van der Waals surface area contributed by atoms with Crippen molar-refractivity contribution in [3.63, 3.8) is 0 Å². The summed E-state index contributed by atoms with van der Waals surface area (Å²) in [6.45, 7) is 2.60. The second kappa shape index (κ2) is 8.97. The van der Waals surface area contributed by atoms with E-state index in [1.54, 1.807) is 25.1 Å². The molecular formula is C22H25NO6S. The van der Waals surface area contributed by atoms with Crippen molar-refractivity contribution >= 4 is 21.8 Å². The minimum Gasteiger partial charge on any atom is -0.468 e. The van der Waals surface area contributed by atoms with Gasteiger partial charge in [-0.1, -0.05) is 48.5 Å². The first-order valence-electron chi connectivity index (χ1n) is 9.68. The smallest absolute Gasteiger partial charge is 0.327 e. The zero-order valence-corrected chi connectivity index (χ0v) is 17.8. The van der Waals surface area contributed by atoms with E-state index < -0.39 is 32.6 Å². The molecule has 8 heteroatoms. The molecule has 0 aliphatic carbocycles. The summed E-state index contributed by atoms with van der Waals surface area (Å²) in [5, 5.41) is -1.52. The monoisotopic (exact) mass is 431 g/mol. The number of hydrogen-bond acceptors (Lipinski definition) is 7. The Morgan fingerprint density at radius 1 is 1.07 bits per heavy atom. The Bertz CT molecular complexity index is 993. The van der Waals surface area contributed by atoms with Gasteiger partial charge >= 0.3 is 11.9 Å². The van der Waals surface area contributed by atoms with Gasteiger partial charge in [-0.3, -0.25) is 9.69 Å². The van der Waals surface area contributed by atoms with Gasteiger partial charge in [-0.25, -0.2) is 13.2 Å². The van der Waals surface area contributed by atoms with Crippen molar-refractivity contribution in [2.45, 2.75) is 35.6 Å². The quantitative estimate of drug-likeness (QED) is 0.444. The lowest BCUT2D eigenvalue weighted by Crippen LogP contribution is -2.42. The van der Waals surface area contributed by atoms with E-state index in [0.29, 0.717) is 13.1 Å². The number of sulfone groups is 1. The van der Waals surface area contributed by atoms with Crippen LogP contribution in [0.25, 0.3) is 0 Å². The topological polar surface area (TPSA) is 89.8 Å². The first-order chi connectivity index (χ1) is 14.3. The third-order valence-electron chi connectivity index (χ3n) is 5.26. The van der Waals surface area contributed by atoms with Crippen LogP contribution in [0.5, 0.6) is 0 Å². The minimum absolute atomic E-state index is 0.00895. The molecule has 160 valence electrons. The minimum atomic E-state index is -4.06. The second-order valence-corrected chi connectivity index (χ2v) is 9.30. The maximum atomic E-state index is 13.2. The van der Waals surface area contributed by atoms with Crippen LogP contribution in [-0.4, -0.2) is 56.3 Å². The molecule has 0 amide bonds. The van der Waals surface area contributed by atoms with Crippen molar-refractivity contribution in [3.8, 4) is 0 Å².